The van der Waals surface area contributed by atoms with Crippen LogP contribution in [-0.4, -0.2) is 11.1 Å². The minimum atomic E-state index is -1.55. The first kappa shape index (κ1) is 9.12. The fourth-order valence-corrected chi connectivity index (χ4v) is 1.47. The van der Waals surface area contributed by atoms with Crippen LogP contribution in [0.2, 0.25) is 0 Å². The second-order valence-corrected chi connectivity index (χ2v) is 3.41. The molecule has 1 aromatic rings. The summed E-state index contributed by atoms with van der Waals surface area (Å²) in [6.45, 7) is 0. The number of carboxylic acids is 1. The van der Waals surface area contributed by atoms with Crippen molar-refractivity contribution >= 4 is 5.97 Å². The summed E-state index contributed by atoms with van der Waals surface area (Å²) >= 11 is 0. The van der Waals surface area contributed by atoms with E-state index in [0.717, 1.165) is 18.9 Å². The quantitative estimate of drug-likeness (QED) is 0.792. The molecular formula is C10H8F2O2. The lowest BCUT2D eigenvalue weighted by Gasteiger charge is -2.04. The summed E-state index contributed by atoms with van der Waals surface area (Å²) in [5, 5.41) is 8.59. The number of carbonyl (C=O) groups is 1. The van der Waals surface area contributed by atoms with Gasteiger partial charge in [-0.05, 0) is 30.4 Å². The Bertz CT molecular complexity index is 397. The number of benzene rings is 1. The van der Waals surface area contributed by atoms with Gasteiger partial charge in [-0.15, -0.1) is 0 Å². The first-order valence-electron chi connectivity index (χ1n) is 4.32. The molecule has 1 aliphatic rings. The number of carboxylic acid groups (broad SMARTS) is 1. The highest BCUT2D eigenvalue weighted by atomic mass is 19.1. The molecule has 0 heterocycles. The van der Waals surface area contributed by atoms with Gasteiger partial charge in [-0.3, -0.25) is 0 Å². The third-order valence-electron chi connectivity index (χ3n) is 2.35. The molecule has 2 nitrogen and oxygen atoms in total. The van der Waals surface area contributed by atoms with E-state index in [2.05, 4.69) is 0 Å². The largest absolute Gasteiger partial charge is 0.477 e. The standard InChI is InChI=1S/C10H8F2O2/c11-7-4-3-6(5-1-2-5)9(12)8(7)10(13)14/h3-5H,1-2H2,(H,13,14). The molecule has 0 saturated heterocycles. The molecule has 0 radical (unpaired) electrons. The van der Waals surface area contributed by atoms with E-state index in [4.69, 9.17) is 5.11 Å². The average molecular weight is 198 g/mol. The van der Waals surface area contributed by atoms with E-state index in [1.807, 2.05) is 0 Å². The highest BCUT2D eigenvalue weighted by Gasteiger charge is 2.30. The molecule has 0 aromatic heterocycles. The minimum absolute atomic E-state index is 0.0775. The van der Waals surface area contributed by atoms with Gasteiger partial charge in [-0.25, -0.2) is 13.6 Å². The normalized spacial score (nSPS) is 15.6. The third kappa shape index (κ3) is 1.36. The summed E-state index contributed by atoms with van der Waals surface area (Å²) in [5.74, 6) is -3.41. The number of rotatable bonds is 2. The molecule has 0 amide bonds. The van der Waals surface area contributed by atoms with Crippen molar-refractivity contribution in [3.05, 3.63) is 34.9 Å². The second kappa shape index (κ2) is 3.04. The molecule has 0 atom stereocenters. The summed E-state index contributed by atoms with van der Waals surface area (Å²) in [6.07, 6.45) is 1.70. The van der Waals surface area contributed by atoms with Crippen LogP contribution in [0.15, 0.2) is 12.1 Å². The monoisotopic (exact) mass is 198 g/mol. The van der Waals surface area contributed by atoms with Crippen LogP contribution < -0.4 is 0 Å². The van der Waals surface area contributed by atoms with Crippen LogP contribution in [0.5, 0.6) is 0 Å². The molecule has 0 unspecified atom stereocenters. The SMILES string of the molecule is O=C(O)c1c(F)ccc(C2CC2)c1F. The van der Waals surface area contributed by atoms with Crippen molar-refractivity contribution in [2.75, 3.05) is 0 Å². The Hall–Kier alpha value is -1.45. The maximum atomic E-state index is 13.5. The van der Waals surface area contributed by atoms with E-state index in [0.29, 0.717) is 5.56 Å². The van der Waals surface area contributed by atoms with Crippen molar-refractivity contribution in [1.29, 1.82) is 0 Å². The van der Waals surface area contributed by atoms with Gasteiger partial charge < -0.3 is 5.11 Å². The van der Waals surface area contributed by atoms with Gasteiger partial charge in [0.05, 0.1) is 0 Å². The molecular weight excluding hydrogens is 190 g/mol. The molecule has 1 aliphatic carbocycles. The topological polar surface area (TPSA) is 37.3 Å². The Morgan fingerprint density at radius 2 is 2.00 bits per heavy atom. The second-order valence-electron chi connectivity index (χ2n) is 3.41. The molecule has 0 bridgehead atoms. The highest BCUT2D eigenvalue weighted by molar-refractivity contribution is 5.88. The van der Waals surface area contributed by atoms with Crippen molar-refractivity contribution in [3.63, 3.8) is 0 Å². The lowest BCUT2D eigenvalue weighted by atomic mass is 10.1. The molecule has 14 heavy (non-hydrogen) atoms. The zero-order valence-electron chi connectivity index (χ0n) is 7.26. The molecule has 1 aromatic carbocycles. The Morgan fingerprint density at radius 1 is 1.36 bits per heavy atom. The molecule has 0 aliphatic heterocycles. The number of aromatic carboxylic acids is 1. The van der Waals surface area contributed by atoms with Gasteiger partial charge >= 0.3 is 5.97 Å². The Morgan fingerprint density at radius 3 is 2.50 bits per heavy atom. The van der Waals surface area contributed by atoms with Gasteiger partial charge in [0, 0.05) is 0 Å². The van der Waals surface area contributed by atoms with E-state index in [9.17, 15) is 13.6 Å². The first-order chi connectivity index (χ1) is 6.61. The lowest BCUT2D eigenvalue weighted by molar-refractivity contribution is 0.0686. The maximum absolute atomic E-state index is 13.5. The fraction of sp³-hybridized carbons (Fsp3) is 0.300. The van der Waals surface area contributed by atoms with E-state index in [1.54, 1.807) is 0 Å². The number of hydrogen-bond donors (Lipinski definition) is 1. The fourth-order valence-electron chi connectivity index (χ4n) is 1.47. The summed E-state index contributed by atoms with van der Waals surface area (Å²) in [4.78, 5) is 10.6. The van der Waals surface area contributed by atoms with Gasteiger partial charge in [0.25, 0.3) is 0 Å². The highest BCUT2D eigenvalue weighted by Crippen LogP contribution is 2.42. The lowest BCUT2D eigenvalue weighted by Crippen LogP contribution is -2.06. The Labute approximate surface area is 79.2 Å². The van der Waals surface area contributed by atoms with Gasteiger partial charge in [0.2, 0.25) is 0 Å². The Kier molecular flexibility index (Phi) is 1.98. The van der Waals surface area contributed by atoms with Gasteiger partial charge in [0.1, 0.15) is 17.2 Å². The van der Waals surface area contributed by atoms with Crippen LogP contribution in [0.1, 0.15) is 34.7 Å². The maximum Gasteiger partial charge on any atom is 0.341 e. The molecule has 74 valence electrons. The third-order valence-corrected chi connectivity index (χ3v) is 2.35. The molecule has 2 rings (SSSR count). The van der Waals surface area contributed by atoms with Crippen molar-refractivity contribution < 1.29 is 18.7 Å². The molecule has 0 spiro atoms. The van der Waals surface area contributed by atoms with E-state index >= 15 is 0 Å². The molecule has 1 fully saturated rings. The zero-order valence-corrected chi connectivity index (χ0v) is 7.26. The molecule has 1 saturated carbocycles. The van der Waals surface area contributed by atoms with E-state index < -0.39 is 23.2 Å². The summed E-state index contributed by atoms with van der Waals surface area (Å²) in [5.41, 5.74) is -0.516. The first-order valence-corrected chi connectivity index (χ1v) is 4.32. The van der Waals surface area contributed by atoms with Gasteiger partial charge in [0.15, 0.2) is 0 Å². The van der Waals surface area contributed by atoms with E-state index in [-0.39, 0.29) is 5.92 Å². The van der Waals surface area contributed by atoms with Crippen LogP contribution in [0.25, 0.3) is 0 Å². The molecule has 1 N–H and O–H groups in total. The van der Waals surface area contributed by atoms with Gasteiger partial charge in [-0.1, -0.05) is 6.07 Å². The van der Waals surface area contributed by atoms with Gasteiger partial charge in [-0.2, -0.15) is 0 Å². The van der Waals surface area contributed by atoms with Crippen LogP contribution in [0, 0.1) is 11.6 Å². The smallest absolute Gasteiger partial charge is 0.341 e. The predicted molar refractivity (Wildman–Crippen MR) is 45.3 cm³/mol. The summed E-state index contributed by atoms with van der Waals surface area (Å²) in [6, 6.07) is 2.34. The average Bonchev–Trinajstić information content (AvgIpc) is 2.86. The van der Waals surface area contributed by atoms with Crippen LogP contribution in [0.4, 0.5) is 8.78 Å². The minimum Gasteiger partial charge on any atom is -0.477 e. The Balaban J connectivity index is 2.55. The van der Waals surface area contributed by atoms with Crippen LogP contribution >= 0.6 is 0 Å². The number of hydrogen-bond acceptors (Lipinski definition) is 1. The van der Waals surface area contributed by atoms with Crippen molar-refractivity contribution in [1.82, 2.24) is 0 Å². The van der Waals surface area contributed by atoms with E-state index in [1.165, 1.54) is 6.07 Å². The van der Waals surface area contributed by atoms with Crippen LogP contribution in [0.3, 0.4) is 0 Å². The summed E-state index contributed by atoms with van der Waals surface area (Å²) in [7, 11) is 0. The predicted octanol–water partition coefficient (Wildman–Crippen LogP) is 2.54. The summed E-state index contributed by atoms with van der Waals surface area (Å²) < 4.78 is 26.4. The van der Waals surface area contributed by atoms with Crippen molar-refractivity contribution in [2.45, 2.75) is 18.8 Å². The molecule has 4 heteroatoms. The van der Waals surface area contributed by atoms with Crippen molar-refractivity contribution in [2.24, 2.45) is 0 Å². The van der Waals surface area contributed by atoms with Crippen LogP contribution in [-0.2, 0) is 0 Å². The zero-order chi connectivity index (χ0) is 10.3. The van der Waals surface area contributed by atoms with Crippen molar-refractivity contribution in [3.8, 4) is 0 Å². The number of halogens is 2.